The lowest BCUT2D eigenvalue weighted by Crippen LogP contribution is -2.07. The van der Waals surface area contributed by atoms with Gasteiger partial charge in [-0.1, -0.05) is 13.0 Å². The number of hydrogen-bond donors (Lipinski definition) is 0. The lowest BCUT2D eigenvalue weighted by atomic mass is 9.95. The van der Waals surface area contributed by atoms with Crippen LogP contribution < -0.4 is 0 Å². The van der Waals surface area contributed by atoms with Crippen molar-refractivity contribution in [3.05, 3.63) is 34.9 Å². The Labute approximate surface area is 85.9 Å². The van der Waals surface area contributed by atoms with Crippen LogP contribution in [0.25, 0.3) is 0 Å². The van der Waals surface area contributed by atoms with E-state index in [1.54, 1.807) is 13.8 Å². The van der Waals surface area contributed by atoms with E-state index in [0.717, 1.165) is 12.1 Å². The molecule has 1 unspecified atom stereocenters. The van der Waals surface area contributed by atoms with Crippen molar-refractivity contribution in [3.63, 3.8) is 0 Å². The second-order valence-electron chi connectivity index (χ2n) is 3.49. The number of alkyl halides is 3. The maximum Gasteiger partial charge on any atom is 0.416 e. The molecule has 0 N–H and O–H groups in total. The highest BCUT2D eigenvalue weighted by Crippen LogP contribution is 2.32. The molecule has 1 aromatic carbocycles. The maximum absolute atomic E-state index is 12.4. The lowest BCUT2D eigenvalue weighted by Gasteiger charge is -2.12. The molecular formula is C11H11F3O. The van der Waals surface area contributed by atoms with Crippen molar-refractivity contribution in [1.29, 1.82) is 0 Å². The van der Waals surface area contributed by atoms with Gasteiger partial charge in [0.25, 0.3) is 0 Å². The topological polar surface area (TPSA) is 17.1 Å². The lowest BCUT2D eigenvalue weighted by molar-refractivity contribution is -0.137. The molecule has 4 heteroatoms. The molecule has 0 aliphatic carbocycles. The first kappa shape index (κ1) is 11.8. The van der Waals surface area contributed by atoms with E-state index in [1.807, 2.05) is 0 Å². The highest BCUT2D eigenvalue weighted by molar-refractivity contribution is 5.62. The molecule has 0 saturated carbocycles. The van der Waals surface area contributed by atoms with Crippen molar-refractivity contribution in [2.75, 3.05) is 0 Å². The van der Waals surface area contributed by atoms with Crippen LogP contribution in [0.2, 0.25) is 0 Å². The summed E-state index contributed by atoms with van der Waals surface area (Å²) < 4.78 is 37.1. The van der Waals surface area contributed by atoms with Crippen LogP contribution in [-0.4, -0.2) is 6.29 Å². The zero-order chi connectivity index (χ0) is 11.6. The molecule has 82 valence electrons. The average Bonchev–Trinajstić information content (AvgIpc) is 2.15. The van der Waals surface area contributed by atoms with E-state index < -0.39 is 17.7 Å². The third kappa shape index (κ3) is 2.58. The summed E-state index contributed by atoms with van der Waals surface area (Å²) in [5.41, 5.74) is 0.416. The second kappa shape index (κ2) is 4.04. The van der Waals surface area contributed by atoms with Crippen molar-refractivity contribution in [2.45, 2.75) is 25.9 Å². The van der Waals surface area contributed by atoms with Gasteiger partial charge in [-0.15, -0.1) is 0 Å². The van der Waals surface area contributed by atoms with Crippen LogP contribution in [0.4, 0.5) is 13.2 Å². The summed E-state index contributed by atoms with van der Waals surface area (Å²) in [6.45, 7) is 3.27. The highest BCUT2D eigenvalue weighted by Gasteiger charge is 2.31. The molecule has 0 amide bonds. The van der Waals surface area contributed by atoms with Crippen LogP contribution in [0.1, 0.15) is 29.5 Å². The number of carbonyl (C=O) groups is 1. The first-order valence-electron chi connectivity index (χ1n) is 4.49. The molecule has 0 saturated heterocycles. The van der Waals surface area contributed by atoms with Gasteiger partial charge < -0.3 is 4.79 Å². The number of halogens is 3. The zero-order valence-corrected chi connectivity index (χ0v) is 8.43. The Morgan fingerprint density at radius 3 is 2.40 bits per heavy atom. The molecule has 1 rings (SSSR count). The number of aldehydes is 1. The van der Waals surface area contributed by atoms with E-state index in [1.165, 1.54) is 6.07 Å². The molecule has 0 radical (unpaired) electrons. The van der Waals surface area contributed by atoms with Crippen molar-refractivity contribution in [3.8, 4) is 0 Å². The van der Waals surface area contributed by atoms with Crippen molar-refractivity contribution >= 4 is 6.29 Å². The van der Waals surface area contributed by atoms with Crippen molar-refractivity contribution in [1.82, 2.24) is 0 Å². The number of aryl methyl sites for hydroxylation is 1. The summed E-state index contributed by atoms with van der Waals surface area (Å²) in [4.78, 5) is 10.5. The number of carbonyl (C=O) groups excluding carboxylic acids is 1. The SMILES string of the molecule is Cc1ccc(C(F)(F)F)cc1C(C)C=O. The minimum absolute atomic E-state index is 0.430. The maximum atomic E-state index is 12.4. The van der Waals surface area contributed by atoms with E-state index in [-0.39, 0.29) is 0 Å². The number of rotatable bonds is 2. The smallest absolute Gasteiger partial charge is 0.303 e. The summed E-state index contributed by atoms with van der Waals surface area (Å²) >= 11 is 0. The van der Waals surface area contributed by atoms with Gasteiger partial charge in [-0.3, -0.25) is 0 Å². The Hall–Kier alpha value is -1.32. The predicted molar refractivity (Wildman–Crippen MR) is 50.7 cm³/mol. The Morgan fingerprint density at radius 2 is 1.93 bits per heavy atom. The van der Waals surface area contributed by atoms with Gasteiger partial charge in [-0.05, 0) is 30.2 Å². The molecule has 0 bridgehead atoms. The van der Waals surface area contributed by atoms with E-state index >= 15 is 0 Å². The third-order valence-electron chi connectivity index (χ3n) is 2.30. The van der Waals surface area contributed by atoms with Gasteiger partial charge in [0.15, 0.2) is 0 Å². The summed E-state index contributed by atoms with van der Waals surface area (Å²) in [5.74, 6) is -0.507. The minimum Gasteiger partial charge on any atom is -0.303 e. The molecule has 0 heterocycles. The summed E-state index contributed by atoms with van der Waals surface area (Å²) in [5, 5.41) is 0. The Bertz CT molecular complexity index is 369. The summed E-state index contributed by atoms with van der Waals surface area (Å²) in [7, 11) is 0. The van der Waals surface area contributed by atoms with Gasteiger partial charge in [0, 0.05) is 5.92 Å². The molecule has 1 atom stereocenters. The third-order valence-corrected chi connectivity index (χ3v) is 2.30. The molecule has 0 aliphatic heterocycles. The Balaban J connectivity index is 3.22. The molecule has 0 fully saturated rings. The average molecular weight is 216 g/mol. The van der Waals surface area contributed by atoms with Crippen molar-refractivity contribution < 1.29 is 18.0 Å². The van der Waals surface area contributed by atoms with Crippen LogP contribution in [0, 0.1) is 6.92 Å². The first-order chi connectivity index (χ1) is 6.86. The van der Waals surface area contributed by atoms with Gasteiger partial charge in [-0.2, -0.15) is 13.2 Å². The summed E-state index contributed by atoms with van der Waals surface area (Å²) in [6, 6.07) is 3.45. The molecule has 1 nitrogen and oxygen atoms in total. The normalized spacial score (nSPS) is 13.7. The fourth-order valence-electron chi connectivity index (χ4n) is 1.38. The van der Waals surface area contributed by atoms with Gasteiger partial charge in [-0.25, -0.2) is 0 Å². The molecule has 0 aliphatic rings. The quantitative estimate of drug-likeness (QED) is 0.693. The van der Waals surface area contributed by atoms with Gasteiger partial charge in [0.1, 0.15) is 6.29 Å². The zero-order valence-electron chi connectivity index (χ0n) is 8.43. The predicted octanol–water partition coefficient (Wildman–Crippen LogP) is 3.32. The number of benzene rings is 1. The van der Waals surface area contributed by atoms with Crippen LogP contribution in [0.15, 0.2) is 18.2 Å². The fraction of sp³-hybridized carbons (Fsp3) is 0.364. The molecule has 0 spiro atoms. The van der Waals surface area contributed by atoms with Crippen LogP contribution >= 0.6 is 0 Å². The Morgan fingerprint density at radius 1 is 1.33 bits per heavy atom. The molecule has 1 aromatic rings. The van der Waals surface area contributed by atoms with Crippen LogP contribution in [-0.2, 0) is 11.0 Å². The standard InChI is InChI=1S/C11H11F3O/c1-7-3-4-9(11(12,13)14)5-10(7)8(2)6-15/h3-6,8H,1-2H3. The van der Waals surface area contributed by atoms with E-state index in [0.29, 0.717) is 17.4 Å². The van der Waals surface area contributed by atoms with E-state index in [4.69, 9.17) is 0 Å². The van der Waals surface area contributed by atoms with Crippen LogP contribution in [0.5, 0.6) is 0 Å². The largest absolute Gasteiger partial charge is 0.416 e. The molecular weight excluding hydrogens is 205 g/mol. The Kier molecular flexibility index (Phi) is 3.17. The minimum atomic E-state index is -4.36. The fourth-order valence-corrected chi connectivity index (χ4v) is 1.38. The van der Waals surface area contributed by atoms with Crippen molar-refractivity contribution in [2.24, 2.45) is 0 Å². The van der Waals surface area contributed by atoms with E-state index in [2.05, 4.69) is 0 Å². The summed E-state index contributed by atoms with van der Waals surface area (Å²) in [6.07, 6.45) is -3.71. The monoisotopic (exact) mass is 216 g/mol. The molecule has 15 heavy (non-hydrogen) atoms. The number of hydrogen-bond acceptors (Lipinski definition) is 1. The van der Waals surface area contributed by atoms with Gasteiger partial charge >= 0.3 is 6.18 Å². The molecule has 0 aromatic heterocycles. The van der Waals surface area contributed by atoms with E-state index in [9.17, 15) is 18.0 Å². The second-order valence-corrected chi connectivity index (χ2v) is 3.49. The highest BCUT2D eigenvalue weighted by atomic mass is 19.4. The van der Waals surface area contributed by atoms with Gasteiger partial charge in [0.2, 0.25) is 0 Å². The first-order valence-corrected chi connectivity index (χ1v) is 4.49. The van der Waals surface area contributed by atoms with Gasteiger partial charge in [0.05, 0.1) is 5.56 Å². The van der Waals surface area contributed by atoms with Crippen LogP contribution in [0.3, 0.4) is 0 Å².